The number of pyridine rings is 1. The van der Waals surface area contributed by atoms with Gasteiger partial charge in [0.25, 0.3) is 0 Å². The summed E-state index contributed by atoms with van der Waals surface area (Å²) in [5.74, 6) is 3.02. The number of piperazine rings is 1. The van der Waals surface area contributed by atoms with Gasteiger partial charge in [-0.15, -0.1) is 0 Å². The molecule has 2 aromatic rings. The van der Waals surface area contributed by atoms with Gasteiger partial charge in [0.05, 0.1) is 0 Å². The molecule has 0 aliphatic carbocycles. The van der Waals surface area contributed by atoms with Crippen LogP contribution in [0.4, 0.5) is 17.6 Å². The van der Waals surface area contributed by atoms with Crippen LogP contribution in [0.3, 0.4) is 0 Å². The van der Waals surface area contributed by atoms with Crippen molar-refractivity contribution in [1.82, 2.24) is 15.0 Å². The molecule has 2 fully saturated rings. The highest BCUT2D eigenvalue weighted by molar-refractivity contribution is 5.47. The van der Waals surface area contributed by atoms with Crippen LogP contribution in [0.15, 0.2) is 36.7 Å². The Morgan fingerprint density at radius 2 is 1.69 bits per heavy atom. The second-order valence-electron chi connectivity index (χ2n) is 7.13. The maximum absolute atomic E-state index is 4.92. The molecule has 0 N–H and O–H groups in total. The zero-order valence-corrected chi connectivity index (χ0v) is 15.6. The SMILES string of the molecule is CCC1CCCCN1c1nccc(N2CCN(c3ccccn3)CC2)n1. The summed E-state index contributed by atoms with van der Waals surface area (Å²) in [4.78, 5) is 21.1. The number of hydrogen-bond acceptors (Lipinski definition) is 6. The maximum atomic E-state index is 4.92. The van der Waals surface area contributed by atoms with Gasteiger partial charge in [-0.2, -0.15) is 4.98 Å². The van der Waals surface area contributed by atoms with Gasteiger partial charge in [0.1, 0.15) is 11.6 Å². The van der Waals surface area contributed by atoms with Crippen LogP contribution in [0.2, 0.25) is 0 Å². The van der Waals surface area contributed by atoms with Crippen molar-refractivity contribution in [2.24, 2.45) is 0 Å². The van der Waals surface area contributed by atoms with Crippen LogP contribution in [-0.4, -0.2) is 53.7 Å². The molecule has 1 unspecified atom stereocenters. The second-order valence-corrected chi connectivity index (χ2v) is 7.13. The molecule has 0 spiro atoms. The van der Waals surface area contributed by atoms with Gasteiger partial charge in [-0.25, -0.2) is 9.97 Å². The Hall–Kier alpha value is -2.37. The Kier molecular flexibility index (Phi) is 5.18. The van der Waals surface area contributed by atoms with Gasteiger partial charge in [-0.3, -0.25) is 0 Å². The monoisotopic (exact) mass is 352 g/mol. The fourth-order valence-corrected chi connectivity index (χ4v) is 4.05. The molecule has 1 atom stereocenters. The van der Waals surface area contributed by atoms with Crippen LogP contribution in [0.5, 0.6) is 0 Å². The lowest BCUT2D eigenvalue weighted by Gasteiger charge is -2.37. The summed E-state index contributed by atoms with van der Waals surface area (Å²) in [6, 6.07) is 8.73. The zero-order valence-electron chi connectivity index (χ0n) is 15.6. The van der Waals surface area contributed by atoms with E-state index in [9.17, 15) is 0 Å². The van der Waals surface area contributed by atoms with Crippen molar-refractivity contribution in [3.8, 4) is 0 Å². The zero-order chi connectivity index (χ0) is 17.8. The summed E-state index contributed by atoms with van der Waals surface area (Å²) in [6.07, 6.45) is 8.77. The van der Waals surface area contributed by atoms with Crippen molar-refractivity contribution in [1.29, 1.82) is 0 Å². The summed E-state index contributed by atoms with van der Waals surface area (Å²) in [6.45, 7) is 7.21. The number of anilines is 3. The lowest BCUT2D eigenvalue weighted by atomic mass is 10.0. The van der Waals surface area contributed by atoms with E-state index in [0.29, 0.717) is 6.04 Å². The van der Waals surface area contributed by atoms with Gasteiger partial charge in [0.15, 0.2) is 0 Å². The van der Waals surface area contributed by atoms with E-state index >= 15 is 0 Å². The summed E-state index contributed by atoms with van der Waals surface area (Å²) in [5, 5.41) is 0. The Labute approximate surface area is 155 Å². The maximum Gasteiger partial charge on any atom is 0.227 e. The topological polar surface area (TPSA) is 48.4 Å². The van der Waals surface area contributed by atoms with Gasteiger partial charge < -0.3 is 14.7 Å². The van der Waals surface area contributed by atoms with Crippen molar-refractivity contribution in [2.45, 2.75) is 38.6 Å². The highest BCUT2D eigenvalue weighted by atomic mass is 15.3. The third-order valence-electron chi connectivity index (χ3n) is 5.56. The number of piperidine rings is 1. The molecule has 0 bridgehead atoms. The van der Waals surface area contributed by atoms with E-state index in [1.165, 1.54) is 19.3 Å². The molecular formula is C20H28N6. The first-order valence-corrected chi connectivity index (χ1v) is 9.86. The van der Waals surface area contributed by atoms with E-state index in [4.69, 9.17) is 4.98 Å². The smallest absolute Gasteiger partial charge is 0.227 e. The van der Waals surface area contributed by atoms with Crippen LogP contribution in [0.1, 0.15) is 32.6 Å². The second kappa shape index (κ2) is 7.89. The molecule has 0 aromatic carbocycles. The Morgan fingerprint density at radius 3 is 2.42 bits per heavy atom. The van der Waals surface area contributed by atoms with Gasteiger partial charge in [0, 0.05) is 51.2 Å². The summed E-state index contributed by atoms with van der Waals surface area (Å²) in [5.41, 5.74) is 0. The third kappa shape index (κ3) is 3.59. The fourth-order valence-electron chi connectivity index (χ4n) is 4.05. The average molecular weight is 352 g/mol. The summed E-state index contributed by atoms with van der Waals surface area (Å²) >= 11 is 0. The molecule has 0 saturated carbocycles. The summed E-state index contributed by atoms with van der Waals surface area (Å²) in [7, 11) is 0. The van der Waals surface area contributed by atoms with E-state index in [1.807, 2.05) is 30.6 Å². The Bertz CT molecular complexity index is 698. The molecule has 6 nitrogen and oxygen atoms in total. The third-order valence-corrected chi connectivity index (χ3v) is 5.56. The normalized spacial score (nSPS) is 21.1. The molecular weight excluding hydrogens is 324 g/mol. The highest BCUT2D eigenvalue weighted by Gasteiger charge is 2.24. The van der Waals surface area contributed by atoms with Gasteiger partial charge in [-0.1, -0.05) is 13.0 Å². The number of aromatic nitrogens is 3. The lowest BCUT2D eigenvalue weighted by Crippen LogP contribution is -2.47. The molecule has 6 heteroatoms. The number of rotatable bonds is 4. The molecule has 2 saturated heterocycles. The predicted molar refractivity (Wildman–Crippen MR) is 106 cm³/mol. The molecule has 0 amide bonds. The van der Waals surface area contributed by atoms with Crippen molar-refractivity contribution < 1.29 is 0 Å². The van der Waals surface area contributed by atoms with Crippen molar-refractivity contribution in [3.63, 3.8) is 0 Å². The van der Waals surface area contributed by atoms with Crippen LogP contribution >= 0.6 is 0 Å². The van der Waals surface area contributed by atoms with Crippen LogP contribution in [0, 0.1) is 0 Å². The van der Waals surface area contributed by atoms with E-state index in [0.717, 1.165) is 56.7 Å². The lowest BCUT2D eigenvalue weighted by molar-refractivity contribution is 0.443. The van der Waals surface area contributed by atoms with E-state index in [-0.39, 0.29) is 0 Å². The molecule has 4 rings (SSSR count). The average Bonchev–Trinajstić information content (AvgIpc) is 2.74. The van der Waals surface area contributed by atoms with E-state index in [2.05, 4.69) is 37.7 Å². The predicted octanol–water partition coefficient (Wildman–Crippen LogP) is 2.97. The van der Waals surface area contributed by atoms with E-state index in [1.54, 1.807) is 0 Å². The molecule has 0 radical (unpaired) electrons. The van der Waals surface area contributed by atoms with Crippen LogP contribution in [-0.2, 0) is 0 Å². The molecule has 2 aliphatic heterocycles. The first-order valence-electron chi connectivity index (χ1n) is 9.86. The molecule has 4 heterocycles. The minimum absolute atomic E-state index is 0.583. The number of hydrogen-bond donors (Lipinski definition) is 0. The minimum Gasteiger partial charge on any atom is -0.353 e. The molecule has 26 heavy (non-hydrogen) atoms. The fraction of sp³-hybridized carbons (Fsp3) is 0.550. The quantitative estimate of drug-likeness (QED) is 0.843. The van der Waals surface area contributed by atoms with Crippen molar-refractivity contribution in [3.05, 3.63) is 36.7 Å². The summed E-state index contributed by atoms with van der Waals surface area (Å²) < 4.78 is 0. The van der Waals surface area contributed by atoms with E-state index < -0.39 is 0 Å². The molecule has 2 aromatic heterocycles. The first-order chi connectivity index (χ1) is 12.8. The van der Waals surface area contributed by atoms with Gasteiger partial charge in [-0.05, 0) is 43.9 Å². The first kappa shape index (κ1) is 17.1. The number of nitrogens with zero attached hydrogens (tertiary/aromatic N) is 6. The van der Waals surface area contributed by atoms with Gasteiger partial charge in [0.2, 0.25) is 5.95 Å². The minimum atomic E-state index is 0.583. The molecule has 2 aliphatic rings. The Morgan fingerprint density at radius 1 is 0.885 bits per heavy atom. The highest BCUT2D eigenvalue weighted by Crippen LogP contribution is 2.25. The molecule has 138 valence electrons. The van der Waals surface area contributed by atoms with Crippen LogP contribution in [0.25, 0.3) is 0 Å². The van der Waals surface area contributed by atoms with Crippen molar-refractivity contribution >= 4 is 17.6 Å². The Balaban J connectivity index is 1.44. The largest absolute Gasteiger partial charge is 0.353 e. The van der Waals surface area contributed by atoms with Crippen molar-refractivity contribution in [2.75, 3.05) is 47.4 Å². The van der Waals surface area contributed by atoms with Gasteiger partial charge >= 0.3 is 0 Å². The van der Waals surface area contributed by atoms with Crippen LogP contribution < -0.4 is 14.7 Å². The standard InChI is InChI=1S/C20H28N6/c1-2-17-7-4-6-12-26(17)20-22-11-9-19(23-20)25-15-13-24(14-16-25)18-8-3-5-10-21-18/h3,5,8-11,17H,2,4,6-7,12-16H2,1H3.